The molecule has 0 amide bonds. The van der Waals surface area contributed by atoms with Gasteiger partial charge in [-0.1, -0.05) is 12.5 Å². The number of hydrogen-bond acceptors (Lipinski definition) is 4. The minimum Gasteiger partial charge on any atom is -0.454 e. The van der Waals surface area contributed by atoms with Crippen molar-refractivity contribution in [1.82, 2.24) is 5.32 Å². The Labute approximate surface area is 107 Å². The summed E-state index contributed by atoms with van der Waals surface area (Å²) in [6, 6.07) is 6.49. The van der Waals surface area contributed by atoms with Gasteiger partial charge in [-0.15, -0.1) is 0 Å². The van der Waals surface area contributed by atoms with Crippen LogP contribution in [0.25, 0.3) is 0 Å². The molecule has 98 valence electrons. The van der Waals surface area contributed by atoms with Gasteiger partial charge >= 0.3 is 0 Å². The molecule has 2 aliphatic rings. The van der Waals surface area contributed by atoms with Gasteiger partial charge in [-0.2, -0.15) is 0 Å². The van der Waals surface area contributed by atoms with E-state index in [2.05, 4.69) is 17.4 Å². The van der Waals surface area contributed by atoms with E-state index in [0.29, 0.717) is 12.8 Å². The van der Waals surface area contributed by atoms with Gasteiger partial charge < -0.3 is 20.5 Å². The van der Waals surface area contributed by atoms with Gasteiger partial charge in [0, 0.05) is 11.5 Å². The van der Waals surface area contributed by atoms with Crippen LogP contribution in [0.3, 0.4) is 0 Å². The van der Waals surface area contributed by atoms with Crippen LogP contribution in [0.5, 0.6) is 11.5 Å². The fourth-order valence-electron chi connectivity index (χ4n) is 3.16. The Morgan fingerprint density at radius 3 is 2.72 bits per heavy atom. The van der Waals surface area contributed by atoms with Crippen LogP contribution in [0.4, 0.5) is 0 Å². The van der Waals surface area contributed by atoms with Gasteiger partial charge in [0.1, 0.15) is 0 Å². The second kappa shape index (κ2) is 4.44. The maximum absolute atomic E-state index is 6.00. The van der Waals surface area contributed by atoms with E-state index in [-0.39, 0.29) is 5.41 Å². The zero-order valence-corrected chi connectivity index (χ0v) is 10.7. The van der Waals surface area contributed by atoms with Crippen LogP contribution in [0.15, 0.2) is 18.2 Å². The third-order valence-electron chi connectivity index (χ3n) is 4.39. The second-order valence-corrected chi connectivity index (χ2v) is 5.25. The molecule has 4 heteroatoms. The smallest absolute Gasteiger partial charge is 0.231 e. The number of nitrogens with one attached hydrogen (secondary N) is 1. The van der Waals surface area contributed by atoms with Gasteiger partial charge in [0.25, 0.3) is 0 Å². The highest BCUT2D eigenvalue weighted by Crippen LogP contribution is 2.50. The summed E-state index contributed by atoms with van der Waals surface area (Å²) < 4.78 is 10.8. The molecule has 1 aromatic carbocycles. The van der Waals surface area contributed by atoms with Crippen molar-refractivity contribution in [2.24, 2.45) is 11.1 Å². The van der Waals surface area contributed by atoms with Crippen molar-refractivity contribution in [1.29, 1.82) is 0 Å². The first kappa shape index (κ1) is 11.8. The highest BCUT2D eigenvalue weighted by Gasteiger charge is 2.43. The summed E-state index contributed by atoms with van der Waals surface area (Å²) in [6.07, 6.45) is 3.67. The van der Waals surface area contributed by atoms with Gasteiger partial charge in [0.2, 0.25) is 6.79 Å². The fraction of sp³-hybridized carbons (Fsp3) is 0.571. The lowest BCUT2D eigenvalue weighted by atomic mass is 9.62. The molecule has 3 N–H and O–H groups in total. The van der Waals surface area contributed by atoms with Gasteiger partial charge in [-0.3, -0.25) is 0 Å². The van der Waals surface area contributed by atoms with Crippen molar-refractivity contribution in [2.75, 3.05) is 20.4 Å². The molecule has 0 spiro atoms. The summed E-state index contributed by atoms with van der Waals surface area (Å²) in [5.74, 6) is 1.68. The highest BCUT2D eigenvalue weighted by molar-refractivity contribution is 5.45. The standard InChI is InChI=1S/C14H20N2O2/c1-16-13(14(8-15)5-2-6-14)10-3-4-11-12(7-10)18-9-17-11/h3-4,7,13,16H,2,5-6,8-9,15H2,1H3. The number of ether oxygens (including phenoxy) is 2. The SMILES string of the molecule is CNC(c1ccc2c(c1)OCO2)C1(CN)CCC1. The predicted octanol–water partition coefficient (Wildman–Crippen LogP) is 1.80. The van der Waals surface area contributed by atoms with Crippen LogP contribution in [0.1, 0.15) is 30.9 Å². The topological polar surface area (TPSA) is 56.5 Å². The number of rotatable bonds is 4. The normalized spacial score (nSPS) is 21.4. The van der Waals surface area contributed by atoms with Crippen LogP contribution in [-0.2, 0) is 0 Å². The van der Waals surface area contributed by atoms with Crippen molar-refractivity contribution in [3.63, 3.8) is 0 Å². The second-order valence-electron chi connectivity index (χ2n) is 5.25. The van der Waals surface area contributed by atoms with Crippen molar-refractivity contribution < 1.29 is 9.47 Å². The lowest BCUT2D eigenvalue weighted by molar-refractivity contribution is 0.0878. The molecule has 0 bridgehead atoms. The summed E-state index contributed by atoms with van der Waals surface area (Å²) in [7, 11) is 2.00. The zero-order chi connectivity index (χ0) is 12.6. The molecule has 0 aromatic heterocycles. The molecular weight excluding hydrogens is 228 g/mol. The average Bonchev–Trinajstić information content (AvgIpc) is 2.80. The van der Waals surface area contributed by atoms with E-state index in [1.54, 1.807) is 0 Å². The molecule has 1 fully saturated rings. The van der Waals surface area contributed by atoms with Crippen molar-refractivity contribution in [2.45, 2.75) is 25.3 Å². The number of nitrogens with two attached hydrogens (primary N) is 1. The molecule has 0 saturated heterocycles. The minimum absolute atomic E-state index is 0.211. The summed E-state index contributed by atoms with van der Waals surface area (Å²) in [6.45, 7) is 1.05. The summed E-state index contributed by atoms with van der Waals surface area (Å²) >= 11 is 0. The third-order valence-corrected chi connectivity index (χ3v) is 4.39. The van der Waals surface area contributed by atoms with Crippen LogP contribution in [-0.4, -0.2) is 20.4 Å². The first-order valence-electron chi connectivity index (χ1n) is 6.56. The Bertz CT molecular complexity index is 438. The fourth-order valence-corrected chi connectivity index (χ4v) is 3.16. The molecule has 4 nitrogen and oxygen atoms in total. The van der Waals surface area contributed by atoms with E-state index >= 15 is 0 Å². The molecule has 1 saturated carbocycles. The van der Waals surface area contributed by atoms with E-state index < -0.39 is 0 Å². The molecular formula is C14H20N2O2. The van der Waals surface area contributed by atoms with E-state index in [0.717, 1.165) is 18.0 Å². The minimum atomic E-state index is 0.211. The monoisotopic (exact) mass is 248 g/mol. The van der Waals surface area contributed by atoms with Crippen molar-refractivity contribution >= 4 is 0 Å². The summed E-state index contributed by atoms with van der Waals surface area (Å²) in [4.78, 5) is 0. The van der Waals surface area contributed by atoms with Crippen LogP contribution >= 0.6 is 0 Å². The van der Waals surface area contributed by atoms with E-state index in [1.807, 2.05) is 13.1 Å². The predicted molar refractivity (Wildman–Crippen MR) is 69.7 cm³/mol. The quantitative estimate of drug-likeness (QED) is 0.853. The van der Waals surface area contributed by atoms with E-state index in [1.165, 1.54) is 24.8 Å². The van der Waals surface area contributed by atoms with E-state index in [9.17, 15) is 0 Å². The molecule has 3 rings (SSSR count). The maximum atomic E-state index is 6.00. The van der Waals surface area contributed by atoms with E-state index in [4.69, 9.17) is 15.2 Å². The van der Waals surface area contributed by atoms with Crippen LogP contribution in [0.2, 0.25) is 0 Å². The molecule has 1 aliphatic carbocycles. The Balaban J connectivity index is 1.92. The summed E-state index contributed by atoms with van der Waals surface area (Å²) in [5, 5.41) is 3.43. The lowest BCUT2D eigenvalue weighted by Crippen LogP contribution is -2.47. The number of benzene rings is 1. The Morgan fingerprint density at radius 1 is 1.33 bits per heavy atom. The first-order valence-corrected chi connectivity index (χ1v) is 6.56. The van der Waals surface area contributed by atoms with Crippen molar-refractivity contribution in [3.8, 4) is 11.5 Å². The molecule has 1 aromatic rings. The Hall–Kier alpha value is -1.26. The number of fused-ring (bicyclic) bond motifs is 1. The molecule has 1 atom stereocenters. The lowest BCUT2D eigenvalue weighted by Gasteiger charge is -2.47. The average molecular weight is 248 g/mol. The van der Waals surface area contributed by atoms with Crippen molar-refractivity contribution in [3.05, 3.63) is 23.8 Å². The molecule has 1 unspecified atom stereocenters. The van der Waals surface area contributed by atoms with Crippen LogP contribution < -0.4 is 20.5 Å². The molecule has 1 heterocycles. The van der Waals surface area contributed by atoms with Gasteiger partial charge in [0.05, 0.1) is 0 Å². The number of hydrogen-bond donors (Lipinski definition) is 2. The van der Waals surface area contributed by atoms with Gasteiger partial charge in [-0.25, -0.2) is 0 Å². The maximum Gasteiger partial charge on any atom is 0.231 e. The van der Waals surface area contributed by atoms with Crippen LogP contribution in [0, 0.1) is 5.41 Å². The Morgan fingerprint density at radius 2 is 2.11 bits per heavy atom. The third kappa shape index (κ3) is 1.68. The highest BCUT2D eigenvalue weighted by atomic mass is 16.7. The molecule has 0 radical (unpaired) electrons. The summed E-state index contributed by atoms with van der Waals surface area (Å²) in [5.41, 5.74) is 7.45. The largest absolute Gasteiger partial charge is 0.454 e. The molecule has 1 aliphatic heterocycles. The van der Waals surface area contributed by atoms with Gasteiger partial charge in [-0.05, 0) is 44.1 Å². The Kier molecular flexibility index (Phi) is 2.92. The molecule has 18 heavy (non-hydrogen) atoms. The zero-order valence-electron chi connectivity index (χ0n) is 10.7. The van der Waals surface area contributed by atoms with Gasteiger partial charge in [0.15, 0.2) is 11.5 Å². The first-order chi connectivity index (χ1) is 8.79.